The van der Waals surface area contributed by atoms with Crippen molar-refractivity contribution in [2.45, 2.75) is 32.8 Å². The van der Waals surface area contributed by atoms with Gasteiger partial charge in [-0.15, -0.1) is 0 Å². The van der Waals surface area contributed by atoms with Crippen molar-refractivity contribution >= 4 is 0 Å². The molecule has 0 aliphatic carbocycles. The van der Waals surface area contributed by atoms with Gasteiger partial charge in [0.15, 0.2) is 11.5 Å². The van der Waals surface area contributed by atoms with E-state index in [1.54, 1.807) is 14.2 Å². The molecule has 1 aromatic carbocycles. The van der Waals surface area contributed by atoms with Gasteiger partial charge in [0.1, 0.15) is 0 Å². The molecule has 0 amide bonds. The lowest BCUT2D eigenvalue weighted by Crippen LogP contribution is -2.19. The molecular formula is C14H22O3. The highest BCUT2D eigenvalue weighted by Crippen LogP contribution is 2.28. The van der Waals surface area contributed by atoms with E-state index in [-0.39, 0.29) is 6.10 Å². The lowest BCUT2D eigenvalue weighted by Gasteiger charge is -2.17. The predicted molar refractivity (Wildman–Crippen MR) is 68.7 cm³/mol. The van der Waals surface area contributed by atoms with Crippen LogP contribution in [-0.2, 0) is 6.42 Å². The summed E-state index contributed by atoms with van der Waals surface area (Å²) in [5.74, 6) is 1.73. The van der Waals surface area contributed by atoms with Crippen LogP contribution in [0.4, 0.5) is 0 Å². The maximum Gasteiger partial charge on any atom is 0.160 e. The number of benzene rings is 1. The Hall–Kier alpha value is -1.22. The highest BCUT2D eigenvalue weighted by Gasteiger charge is 2.14. The Morgan fingerprint density at radius 2 is 1.82 bits per heavy atom. The van der Waals surface area contributed by atoms with Crippen LogP contribution in [0.2, 0.25) is 0 Å². The van der Waals surface area contributed by atoms with E-state index in [1.807, 2.05) is 18.2 Å². The third-order valence-electron chi connectivity index (χ3n) is 3.19. The van der Waals surface area contributed by atoms with Crippen molar-refractivity contribution in [3.05, 3.63) is 23.8 Å². The molecule has 3 nitrogen and oxygen atoms in total. The summed E-state index contributed by atoms with van der Waals surface area (Å²) in [6, 6.07) is 5.76. The fourth-order valence-electron chi connectivity index (χ4n) is 1.72. The first-order valence-electron chi connectivity index (χ1n) is 6.01. The van der Waals surface area contributed by atoms with Gasteiger partial charge in [0.05, 0.1) is 20.3 Å². The minimum atomic E-state index is -0.307. The predicted octanol–water partition coefficient (Wildman–Crippen LogP) is 2.65. The van der Waals surface area contributed by atoms with Crippen LogP contribution in [0.15, 0.2) is 18.2 Å². The summed E-state index contributed by atoms with van der Waals surface area (Å²) in [4.78, 5) is 0. The molecule has 0 aliphatic rings. The Labute approximate surface area is 103 Å². The number of hydrogen-bond donors (Lipinski definition) is 1. The number of aliphatic hydroxyl groups is 1. The average molecular weight is 238 g/mol. The summed E-state index contributed by atoms with van der Waals surface area (Å²) in [5, 5.41) is 9.99. The second kappa shape index (κ2) is 6.50. The second-order valence-electron chi connectivity index (χ2n) is 4.35. The topological polar surface area (TPSA) is 38.7 Å². The lowest BCUT2D eigenvalue weighted by atomic mass is 9.95. The maximum absolute atomic E-state index is 9.99. The summed E-state index contributed by atoms with van der Waals surface area (Å²) in [5.41, 5.74) is 1.07. The van der Waals surface area contributed by atoms with Crippen molar-refractivity contribution in [1.29, 1.82) is 0 Å². The molecule has 96 valence electrons. The van der Waals surface area contributed by atoms with Gasteiger partial charge in [0, 0.05) is 0 Å². The van der Waals surface area contributed by atoms with E-state index in [0.29, 0.717) is 23.8 Å². The molecule has 0 saturated heterocycles. The van der Waals surface area contributed by atoms with Crippen LogP contribution in [0, 0.1) is 5.92 Å². The van der Waals surface area contributed by atoms with Crippen LogP contribution in [0.1, 0.15) is 25.8 Å². The molecule has 0 spiro atoms. The standard InChI is InChI=1S/C14H22O3/c1-5-10(2)12(15)8-11-6-7-13(16-3)14(9-11)17-4/h6-7,9-10,12,15H,5,8H2,1-4H3. The zero-order valence-corrected chi connectivity index (χ0v) is 11.1. The van der Waals surface area contributed by atoms with Crippen LogP contribution in [0.3, 0.4) is 0 Å². The monoisotopic (exact) mass is 238 g/mol. The first-order chi connectivity index (χ1) is 8.12. The fourth-order valence-corrected chi connectivity index (χ4v) is 1.72. The third kappa shape index (κ3) is 3.63. The molecule has 1 rings (SSSR count). The zero-order valence-electron chi connectivity index (χ0n) is 11.1. The molecule has 1 aromatic rings. The van der Waals surface area contributed by atoms with Gasteiger partial charge in [0.25, 0.3) is 0 Å². The van der Waals surface area contributed by atoms with Crippen LogP contribution >= 0.6 is 0 Å². The molecule has 0 radical (unpaired) electrons. The van der Waals surface area contributed by atoms with Gasteiger partial charge in [-0.05, 0) is 30.0 Å². The average Bonchev–Trinajstić information content (AvgIpc) is 2.37. The summed E-state index contributed by atoms with van der Waals surface area (Å²) in [6.45, 7) is 4.15. The minimum Gasteiger partial charge on any atom is -0.493 e. The molecule has 17 heavy (non-hydrogen) atoms. The third-order valence-corrected chi connectivity index (χ3v) is 3.19. The first-order valence-corrected chi connectivity index (χ1v) is 6.01. The van der Waals surface area contributed by atoms with Gasteiger partial charge < -0.3 is 14.6 Å². The first kappa shape index (κ1) is 13.8. The Balaban J connectivity index is 2.78. The lowest BCUT2D eigenvalue weighted by molar-refractivity contribution is 0.114. The van der Waals surface area contributed by atoms with Crippen molar-refractivity contribution in [3.8, 4) is 11.5 Å². The van der Waals surface area contributed by atoms with Gasteiger partial charge in [-0.25, -0.2) is 0 Å². The Morgan fingerprint density at radius 1 is 1.18 bits per heavy atom. The van der Waals surface area contributed by atoms with Crippen LogP contribution < -0.4 is 9.47 Å². The van der Waals surface area contributed by atoms with E-state index in [4.69, 9.17) is 9.47 Å². The molecule has 0 fully saturated rings. The smallest absolute Gasteiger partial charge is 0.160 e. The number of aliphatic hydroxyl groups excluding tert-OH is 1. The molecule has 0 heterocycles. The summed E-state index contributed by atoms with van der Waals surface area (Å²) >= 11 is 0. The SMILES string of the molecule is CCC(C)C(O)Cc1ccc(OC)c(OC)c1. The van der Waals surface area contributed by atoms with Crippen molar-refractivity contribution in [1.82, 2.24) is 0 Å². The van der Waals surface area contributed by atoms with E-state index < -0.39 is 0 Å². The summed E-state index contributed by atoms with van der Waals surface area (Å²) in [7, 11) is 3.23. The van der Waals surface area contributed by atoms with E-state index in [2.05, 4.69) is 13.8 Å². The quantitative estimate of drug-likeness (QED) is 0.828. The summed E-state index contributed by atoms with van der Waals surface area (Å²) < 4.78 is 10.4. The molecule has 0 aliphatic heterocycles. The van der Waals surface area contributed by atoms with Crippen molar-refractivity contribution in [2.24, 2.45) is 5.92 Å². The molecule has 3 heteroatoms. The minimum absolute atomic E-state index is 0.307. The van der Waals surface area contributed by atoms with Gasteiger partial charge in [-0.3, -0.25) is 0 Å². The molecule has 2 unspecified atom stereocenters. The van der Waals surface area contributed by atoms with Crippen LogP contribution in [0.25, 0.3) is 0 Å². The van der Waals surface area contributed by atoms with Crippen molar-refractivity contribution < 1.29 is 14.6 Å². The number of methoxy groups -OCH3 is 2. The van der Waals surface area contributed by atoms with Gasteiger partial charge in [-0.1, -0.05) is 26.3 Å². The van der Waals surface area contributed by atoms with E-state index in [9.17, 15) is 5.11 Å². The van der Waals surface area contributed by atoms with E-state index >= 15 is 0 Å². The molecule has 2 atom stereocenters. The Bertz CT molecular complexity index is 349. The Morgan fingerprint density at radius 3 is 2.35 bits per heavy atom. The molecule has 0 saturated carbocycles. The highest BCUT2D eigenvalue weighted by atomic mass is 16.5. The van der Waals surface area contributed by atoms with Crippen LogP contribution in [-0.4, -0.2) is 25.4 Å². The maximum atomic E-state index is 9.99. The van der Waals surface area contributed by atoms with Crippen LogP contribution in [0.5, 0.6) is 11.5 Å². The highest BCUT2D eigenvalue weighted by molar-refractivity contribution is 5.43. The van der Waals surface area contributed by atoms with Gasteiger partial charge in [-0.2, -0.15) is 0 Å². The van der Waals surface area contributed by atoms with E-state index in [0.717, 1.165) is 12.0 Å². The molecule has 0 bridgehead atoms. The normalized spacial score (nSPS) is 14.2. The Kier molecular flexibility index (Phi) is 5.29. The van der Waals surface area contributed by atoms with Crippen molar-refractivity contribution in [2.75, 3.05) is 14.2 Å². The van der Waals surface area contributed by atoms with Gasteiger partial charge >= 0.3 is 0 Å². The van der Waals surface area contributed by atoms with Gasteiger partial charge in [0.2, 0.25) is 0 Å². The fraction of sp³-hybridized carbons (Fsp3) is 0.571. The number of rotatable bonds is 6. The van der Waals surface area contributed by atoms with Crippen molar-refractivity contribution in [3.63, 3.8) is 0 Å². The zero-order chi connectivity index (χ0) is 12.8. The molecule has 1 N–H and O–H groups in total. The number of hydrogen-bond acceptors (Lipinski definition) is 3. The molecular weight excluding hydrogens is 216 g/mol. The largest absolute Gasteiger partial charge is 0.493 e. The molecule has 0 aromatic heterocycles. The van der Waals surface area contributed by atoms with E-state index in [1.165, 1.54) is 0 Å². The summed E-state index contributed by atoms with van der Waals surface area (Å²) in [6.07, 6.45) is 1.32. The second-order valence-corrected chi connectivity index (χ2v) is 4.35. The number of ether oxygens (including phenoxy) is 2.